The average molecular weight is 365 g/mol. The van der Waals surface area contributed by atoms with Crippen molar-refractivity contribution in [2.24, 2.45) is 0 Å². The molecule has 1 aliphatic rings. The summed E-state index contributed by atoms with van der Waals surface area (Å²) in [5, 5.41) is 0. The highest BCUT2D eigenvalue weighted by atomic mass is 19.3. The highest BCUT2D eigenvalue weighted by Crippen LogP contribution is 2.33. The largest absolute Gasteiger partial charge is 0.493 e. The molecule has 0 spiro atoms. The second-order valence-electron chi connectivity index (χ2n) is 6.00. The van der Waals surface area contributed by atoms with Crippen LogP contribution in [0.2, 0.25) is 0 Å². The Morgan fingerprint density at radius 1 is 1.19 bits per heavy atom. The van der Waals surface area contributed by atoms with Crippen LogP contribution in [0, 0.1) is 5.82 Å². The molecule has 3 rings (SSSR count). The smallest absolute Gasteiger partial charge is 0.387 e. The molecule has 0 aromatic heterocycles. The van der Waals surface area contributed by atoms with Gasteiger partial charge in [-0.2, -0.15) is 8.78 Å². The lowest BCUT2D eigenvalue weighted by molar-refractivity contribution is -0.0512. The van der Waals surface area contributed by atoms with E-state index < -0.39 is 6.61 Å². The summed E-state index contributed by atoms with van der Waals surface area (Å²) in [5.41, 5.74) is 0.698. The Morgan fingerprint density at radius 3 is 2.54 bits per heavy atom. The van der Waals surface area contributed by atoms with E-state index in [0.29, 0.717) is 5.56 Å². The monoisotopic (exact) mass is 365 g/mol. The minimum absolute atomic E-state index is 0.0396. The Hall–Kier alpha value is -2.70. The van der Waals surface area contributed by atoms with Crippen molar-refractivity contribution < 1.29 is 27.4 Å². The fourth-order valence-electron chi connectivity index (χ4n) is 2.72. The molecule has 26 heavy (non-hydrogen) atoms. The van der Waals surface area contributed by atoms with Gasteiger partial charge in [-0.05, 0) is 37.1 Å². The van der Waals surface area contributed by atoms with Gasteiger partial charge in [-0.3, -0.25) is 4.79 Å². The van der Waals surface area contributed by atoms with Crippen LogP contribution in [0.5, 0.6) is 11.5 Å². The van der Waals surface area contributed by atoms with Crippen LogP contribution in [0.15, 0.2) is 42.5 Å². The lowest BCUT2D eigenvalue weighted by Crippen LogP contribution is -2.33. The summed E-state index contributed by atoms with van der Waals surface area (Å²) in [6.45, 7) is -2.84. The molecule has 0 saturated heterocycles. The Bertz CT molecular complexity index is 793. The van der Waals surface area contributed by atoms with E-state index in [1.807, 2.05) is 0 Å². The Labute approximate surface area is 149 Å². The molecule has 1 fully saturated rings. The van der Waals surface area contributed by atoms with Gasteiger partial charge in [0, 0.05) is 23.7 Å². The van der Waals surface area contributed by atoms with Gasteiger partial charge < -0.3 is 14.4 Å². The predicted molar refractivity (Wildman–Crippen MR) is 88.9 cm³/mol. The molecule has 0 unspecified atom stereocenters. The van der Waals surface area contributed by atoms with Gasteiger partial charge in [0.2, 0.25) is 0 Å². The molecule has 0 radical (unpaired) electrons. The van der Waals surface area contributed by atoms with Gasteiger partial charge in [0.15, 0.2) is 11.5 Å². The summed E-state index contributed by atoms with van der Waals surface area (Å²) in [6.07, 6.45) is 1.70. The van der Waals surface area contributed by atoms with E-state index in [0.717, 1.165) is 12.8 Å². The molecule has 2 aromatic rings. The van der Waals surface area contributed by atoms with Crippen molar-refractivity contribution in [1.82, 2.24) is 4.90 Å². The zero-order chi connectivity index (χ0) is 18.7. The predicted octanol–water partition coefficient (Wildman–Crippen LogP) is 4.24. The minimum atomic E-state index is -2.99. The van der Waals surface area contributed by atoms with Crippen molar-refractivity contribution >= 4 is 5.91 Å². The molecular weight excluding hydrogens is 347 g/mol. The van der Waals surface area contributed by atoms with Gasteiger partial charge in [0.1, 0.15) is 5.82 Å². The number of hydrogen-bond donors (Lipinski definition) is 0. The molecule has 0 aliphatic heterocycles. The van der Waals surface area contributed by atoms with Crippen molar-refractivity contribution in [2.45, 2.75) is 32.0 Å². The first-order chi connectivity index (χ1) is 12.5. The molecule has 4 nitrogen and oxygen atoms in total. The molecular formula is C19H18F3NO3. The first-order valence-electron chi connectivity index (χ1n) is 8.17. The molecule has 1 saturated carbocycles. The lowest BCUT2D eigenvalue weighted by atomic mass is 10.1. The normalized spacial score (nSPS) is 13.6. The highest BCUT2D eigenvalue weighted by Gasteiger charge is 2.33. The van der Waals surface area contributed by atoms with Crippen molar-refractivity contribution in [3.63, 3.8) is 0 Å². The average Bonchev–Trinajstić information content (AvgIpc) is 3.45. The van der Waals surface area contributed by atoms with E-state index in [-0.39, 0.29) is 41.4 Å². The van der Waals surface area contributed by atoms with E-state index in [1.165, 1.54) is 31.4 Å². The van der Waals surface area contributed by atoms with Crippen LogP contribution in [0.4, 0.5) is 13.2 Å². The molecule has 0 bridgehead atoms. The first kappa shape index (κ1) is 18.1. The molecule has 1 aliphatic carbocycles. The number of nitrogens with zero attached hydrogens (tertiary/aromatic N) is 1. The third-order valence-corrected chi connectivity index (χ3v) is 4.17. The highest BCUT2D eigenvalue weighted by molar-refractivity contribution is 5.95. The SMILES string of the molecule is COc1cc(C(=O)N(Cc2ccccc2F)C2CC2)ccc1OC(F)F. The lowest BCUT2D eigenvalue weighted by Gasteiger charge is -2.23. The summed E-state index contributed by atoms with van der Waals surface area (Å²) in [7, 11) is 1.31. The van der Waals surface area contributed by atoms with Gasteiger partial charge in [-0.1, -0.05) is 18.2 Å². The van der Waals surface area contributed by atoms with E-state index in [4.69, 9.17) is 4.74 Å². The van der Waals surface area contributed by atoms with Crippen LogP contribution in [-0.4, -0.2) is 30.6 Å². The van der Waals surface area contributed by atoms with Crippen LogP contribution in [0.3, 0.4) is 0 Å². The molecule has 2 aromatic carbocycles. The van der Waals surface area contributed by atoms with Crippen molar-refractivity contribution in [3.8, 4) is 11.5 Å². The van der Waals surface area contributed by atoms with Crippen molar-refractivity contribution in [2.75, 3.05) is 7.11 Å². The third-order valence-electron chi connectivity index (χ3n) is 4.17. The zero-order valence-corrected chi connectivity index (χ0v) is 14.1. The number of hydrogen-bond acceptors (Lipinski definition) is 3. The number of benzene rings is 2. The number of carbonyl (C=O) groups excluding carboxylic acids is 1. The van der Waals surface area contributed by atoms with Gasteiger partial charge in [-0.15, -0.1) is 0 Å². The van der Waals surface area contributed by atoms with Crippen LogP contribution in [0.1, 0.15) is 28.8 Å². The molecule has 7 heteroatoms. The number of halogens is 3. The molecule has 0 atom stereocenters. The van der Waals surface area contributed by atoms with Crippen LogP contribution >= 0.6 is 0 Å². The molecule has 0 N–H and O–H groups in total. The number of alkyl halides is 2. The molecule has 138 valence electrons. The maximum Gasteiger partial charge on any atom is 0.387 e. The Kier molecular flexibility index (Phi) is 5.35. The second kappa shape index (κ2) is 7.68. The third kappa shape index (κ3) is 4.09. The summed E-state index contributed by atoms with van der Waals surface area (Å²) >= 11 is 0. The second-order valence-corrected chi connectivity index (χ2v) is 6.00. The summed E-state index contributed by atoms with van der Waals surface area (Å²) < 4.78 is 48.2. The van der Waals surface area contributed by atoms with Gasteiger partial charge >= 0.3 is 6.61 Å². The first-order valence-corrected chi connectivity index (χ1v) is 8.17. The topological polar surface area (TPSA) is 38.8 Å². The number of ether oxygens (including phenoxy) is 2. The van der Waals surface area contributed by atoms with Crippen LogP contribution < -0.4 is 9.47 Å². The number of carbonyl (C=O) groups is 1. The van der Waals surface area contributed by atoms with E-state index >= 15 is 0 Å². The number of rotatable bonds is 7. The molecule has 1 amide bonds. The fraction of sp³-hybridized carbons (Fsp3) is 0.316. The maximum absolute atomic E-state index is 13.9. The summed E-state index contributed by atoms with van der Waals surface area (Å²) in [4.78, 5) is 14.5. The molecule has 0 heterocycles. The van der Waals surface area contributed by atoms with Gasteiger partial charge in [0.25, 0.3) is 5.91 Å². The van der Waals surface area contributed by atoms with Gasteiger partial charge in [-0.25, -0.2) is 4.39 Å². The number of methoxy groups -OCH3 is 1. The van der Waals surface area contributed by atoms with E-state index in [1.54, 1.807) is 23.1 Å². The summed E-state index contributed by atoms with van der Waals surface area (Å²) in [6, 6.07) is 10.4. The number of amides is 1. The quantitative estimate of drug-likeness (QED) is 0.737. The Morgan fingerprint density at radius 2 is 1.92 bits per heavy atom. The minimum Gasteiger partial charge on any atom is -0.493 e. The van der Waals surface area contributed by atoms with Gasteiger partial charge in [0.05, 0.1) is 7.11 Å². The summed E-state index contributed by atoms with van der Waals surface area (Å²) in [5.74, 6) is -0.786. The van der Waals surface area contributed by atoms with Crippen LogP contribution in [0.25, 0.3) is 0 Å². The Balaban J connectivity index is 1.84. The van der Waals surface area contributed by atoms with E-state index in [2.05, 4.69) is 4.74 Å². The van der Waals surface area contributed by atoms with Crippen molar-refractivity contribution in [1.29, 1.82) is 0 Å². The fourth-order valence-corrected chi connectivity index (χ4v) is 2.72. The van der Waals surface area contributed by atoms with Crippen molar-refractivity contribution in [3.05, 3.63) is 59.4 Å². The maximum atomic E-state index is 13.9. The zero-order valence-electron chi connectivity index (χ0n) is 14.1. The van der Waals surface area contributed by atoms with E-state index in [9.17, 15) is 18.0 Å². The standard InChI is InChI=1S/C19H18F3NO3/c1-25-17-10-12(6-9-16(17)26-19(21)22)18(24)23(14-7-8-14)11-13-4-2-3-5-15(13)20/h2-6,9-10,14,19H,7-8,11H2,1H3. The van der Waals surface area contributed by atoms with Crippen LogP contribution in [-0.2, 0) is 6.54 Å².